The minimum absolute atomic E-state index is 0.432. The van der Waals surface area contributed by atoms with Crippen LogP contribution in [0.3, 0.4) is 0 Å². The van der Waals surface area contributed by atoms with Crippen molar-refractivity contribution in [3.8, 4) is 0 Å². The molecule has 4 rings (SSSR count). The van der Waals surface area contributed by atoms with Gasteiger partial charge in [-0.2, -0.15) is 0 Å². The average molecular weight is 174 g/mol. The second kappa shape index (κ2) is 1.77. The van der Waals surface area contributed by atoms with E-state index in [1.807, 2.05) is 0 Å². The SMILES string of the molecule is C=C1CC2C3CC(=O)C4C3CC2C14. The van der Waals surface area contributed by atoms with Crippen molar-refractivity contribution < 1.29 is 4.79 Å². The van der Waals surface area contributed by atoms with E-state index in [2.05, 4.69) is 6.58 Å². The van der Waals surface area contributed by atoms with Gasteiger partial charge in [0.05, 0.1) is 0 Å². The van der Waals surface area contributed by atoms with Crippen molar-refractivity contribution in [3.63, 3.8) is 0 Å². The number of allylic oxidation sites excluding steroid dienone is 1. The number of ketones is 1. The van der Waals surface area contributed by atoms with E-state index in [1.54, 1.807) is 0 Å². The Kier molecular flexibility index (Phi) is 0.928. The van der Waals surface area contributed by atoms with Gasteiger partial charge in [0.1, 0.15) is 5.78 Å². The van der Waals surface area contributed by atoms with Crippen LogP contribution in [0, 0.1) is 35.5 Å². The fourth-order valence-corrected chi connectivity index (χ4v) is 5.07. The Morgan fingerprint density at radius 3 is 2.54 bits per heavy atom. The molecule has 0 radical (unpaired) electrons. The molecule has 6 unspecified atom stereocenters. The van der Waals surface area contributed by atoms with Gasteiger partial charge in [-0.1, -0.05) is 12.2 Å². The zero-order chi connectivity index (χ0) is 8.74. The third-order valence-corrected chi connectivity index (χ3v) is 5.28. The second-order valence-electron chi connectivity index (χ2n) is 5.48. The molecule has 0 aromatic carbocycles. The maximum Gasteiger partial charge on any atom is 0.137 e. The molecular weight excluding hydrogens is 160 g/mol. The molecule has 4 saturated carbocycles. The van der Waals surface area contributed by atoms with Crippen LogP contribution < -0.4 is 0 Å². The highest BCUT2D eigenvalue weighted by Gasteiger charge is 2.67. The van der Waals surface area contributed by atoms with Crippen LogP contribution in [0.4, 0.5) is 0 Å². The Hall–Kier alpha value is -0.590. The molecule has 0 aromatic heterocycles. The van der Waals surface area contributed by atoms with Crippen LogP contribution in [0.1, 0.15) is 19.3 Å². The highest BCUT2D eigenvalue weighted by atomic mass is 16.1. The summed E-state index contributed by atoms with van der Waals surface area (Å²) < 4.78 is 0. The second-order valence-corrected chi connectivity index (χ2v) is 5.48. The fraction of sp³-hybridized carbons (Fsp3) is 0.750. The smallest absolute Gasteiger partial charge is 0.137 e. The maximum atomic E-state index is 11.8. The van der Waals surface area contributed by atoms with E-state index in [4.69, 9.17) is 0 Å². The summed E-state index contributed by atoms with van der Waals surface area (Å²) in [4.78, 5) is 11.8. The van der Waals surface area contributed by atoms with Crippen LogP contribution in [0.5, 0.6) is 0 Å². The van der Waals surface area contributed by atoms with Crippen LogP contribution in [0.2, 0.25) is 0 Å². The third-order valence-electron chi connectivity index (χ3n) is 5.28. The van der Waals surface area contributed by atoms with Crippen molar-refractivity contribution in [3.05, 3.63) is 12.2 Å². The van der Waals surface area contributed by atoms with Crippen molar-refractivity contribution in [2.45, 2.75) is 19.3 Å². The highest BCUT2D eigenvalue weighted by molar-refractivity contribution is 5.86. The fourth-order valence-electron chi connectivity index (χ4n) is 5.07. The number of hydrogen-bond donors (Lipinski definition) is 0. The summed E-state index contributed by atoms with van der Waals surface area (Å²) in [5.74, 6) is 4.93. The largest absolute Gasteiger partial charge is 0.299 e. The van der Waals surface area contributed by atoms with E-state index in [0.717, 1.165) is 30.1 Å². The summed E-state index contributed by atoms with van der Waals surface area (Å²) >= 11 is 0. The summed E-state index contributed by atoms with van der Waals surface area (Å²) in [6.07, 6.45) is 3.52. The summed E-state index contributed by atoms with van der Waals surface area (Å²) in [7, 11) is 0. The number of rotatable bonds is 0. The van der Waals surface area contributed by atoms with Crippen molar-refractivity contribution >= 4 is 5.78 Å². The average Bonchev–Trinajstić information content (AvgIpc) is 2.67. The number of Topliss-reactive ketones (excluding diaryl/α,β-unsaturated/α-hetero) is 1. The Morgan fingerprint density at radius 2 is 1.69 bits per heavy atom. The lowest BCUT2D eigenvalue weighted by molar-refractivity contribution is -0.121. The summed E-state index contributed by atoms with van der Waals surface area (Å²) in [5, 5.41) is 0. The molecule has 6 atom stereocenters. The molecule has 0 aromatic rings. The van der Waals surface area contributed by atoms with Crippen LogP contribution in [-0.4, -0.2) is 5.78 Å². The van der Waals surface area contributed by atoms with Gasteiger partial charge in [0, 0.05) is 12.3 Å². The van der Waals surface area contributed by atoms with Gasteiger partial charge in [-0.25, -0.2) is 0 Å². The zero-order valence-corrected chi connectivity index (χ0v) is 7.70. The maximum absolute atomic E-state index is 11.8. The number of hydrogen-bond acceptors (Lipinski definition) is 1. The Morgan fingerprint density at radius 1 is 1.00 bits per heavy atom. The van der Waals surface area contributed by atoms with Crippen LogP contribution in [-0.2, 0) is 4.79 Å². The molecule has 13 heavy (non-hydrogen) atoms. The molecule has 2 bridgehead atoms. The molecule has 0 spiro atoms. The lowest BCUT2D eigenvalue weighted by Gasteiger charge is -2.24. The van der Waals surface area contributed by atoms with Crippen molar-refractivity contribution in [2.24, 2.45) is 35.5 Å². The van der Waals surface area contributed by atoms with E-state index >= 15 is 0 Å². The predicted octanol–water partition coefficient (Wildman–Crippen LogP) is 2.03. The number of carbonyl (C=O) groups is 1. The first-order valence-electron chi connectivity index (χ1n) is 5.48. The molecule has 4 aliphatic carbocycles. The topological polar surface area (TPSA) is 17.1 Å². The van der Waals surface area contributed by atoms with Gasteiger partial charge in [-0.05, 0) is 42.4 Å². The van der Waals surface area contributed by atoms with Gasteiger partial charge in [-0.15, -0.1) is 0 Å². The number of carbonyl (C=O) groups excluding carboxylic acids is 1. The number of fused-ring (bicyclic) bond motifs is 2. The van der Waals surface area contributed by atoms with Crippen molar-refractivity contribution in [1.29, 1.82) is 0 Å². The van der Waals surface area contributed by atoms with Crippen molar-refractivity contribution in [1.82, 2.24) is 0 Å². The normalized spacial score (nSPS) is 61.2. The molecular formula is C12H14O. The van der Waals surface area contributed by atoms with Gasteiger partial charge < -0.3 is 0 Å². The molecule has 0 saturated heterocycles. The van der Waals surface area contributed by atoms with E-state index < -0.39 is 0 Å². The van der Waals surface area contributed by atoms with Gasteiger partial charge in [0.15, 0.2) is 0 Å². The van der Waals surface area contributed by atoms with E-state index in [1.165, 1.54) is 18.4 Å². The first-order chi connectivity index (χ1) is 6.27. The monoisotopic (exact) mass is 174 g/mol. The molecule has 1 heteroatoms. The van der Waals surface area contributed by atoms with Crippen LogP contribution in [0.15, 0.2) is 12.2 Å². The molecule has 4 aliphatic rings. The minimum Gasteiger partial charge on any atom is -0.299 e. The van der Waals surface area contributed by atoms with E-state index in [-0.39, 0.29) is 0 Å². The van der Waals surface area contributed by atoms with Gasteiger partial charge in [0.2, 0.25) is 0 Å². The van der Waals surface area contributed by atoms with E-state index in [9.17, 15) is 4.79 Å². The summed E-state index contributed by atoms with van der Waals surface area (Å²) in [6, 6.07) is 0. The Balaban J connectivity index is 1.94. The molecule has 1 nitrogen and oxygen atoms in total. The molecule has 68 valence electrons. The Labute approximate surface area is 78.2 Å². The zero-order valence-electron chi connectivity index (χ0n) is 7.70. The molecule has 4 fully saturated rings. The van der Waals surface area contributed by atoms with Gasteiger partial charge in [-0.3, -0.25) is 4.79 Å². The molecule has 0 N–H and O–H groups in total. The molecule has 0 aliphatic heterocycles. The first kappa shape index (κ1) is 6.80. The summed E-state index contributed by atoms with van der Waals surface area (Å²) in [5.41, 5.74) is 1.41. The lowest BCUT2D eigenvalue weighted by Crippen LogP contribution is -2.23. The lowest BCUT2D eigenvalue weighted by atomic mass is 9.79. The third kappa shape index (κ3) is 0.536. The molecule has 0 amide bonds. The summed E-state index contributed by atoms with van der Waals surface area (Å²) in [6.45, 7) is 4.17. The van der Waals surface area contributed by atoms with Crippen LogP contribution in [0.25, 0.3) is 0 Å². The predicted molar refractivity (Wildman–Crippen MR) is 48.9 cm³/mol. The molecule has 0 heterocycles. The van der Waals surface area contributed by atoms with Crippen LogP contribution >= 0.6 is 0 Å². The first-order valence-corrected chi connectivity index (χ1v) is 5.48. The van der Waals surface area contributed by atoms with E-state index in [0.29, 0.717) is 17.6 Å². The highest BCUT2D eigenvalue weighted by Crippen LogP contribution is 2.70. The van der Waals surface area contributed by atoms with Crippen molar-refractivity contribution in [2.75, 3.05) is 0 Å². The quantitative estimate of drug-likeness (QED) is 0.513. The Bertz CT molecular complexity index is 294. The van der Waals surface area contributed by atoms with Gasteiger partial charge in [0.25, 0.3) is 0 Å². The van der Waals surface area contributed by atoms with Gasteiger partial charge >= 0.3 is 0 Å². The minimum atomic E-state index is 0.432. The standard InChI is InChI=1S/C12H14O/c1-5-2-6-7-4-10(13)12-9(7)3-8(6)11(5)12/h6-9,11-12H,1-4H2.